The normalized spacial score (nSPS) is 14.9. The van der Waals surface area contributed by atoms with Crippen LogP contribution in [0.15, 0.2) is 18.2 Å². The van der Waals surface area contributed by atoms with Crippen LogP contribution in [0.25, 0.3) is 0 Å². The number of halogens is 2. The lowest BCUT2D eigenvalue weighted by Gasteiger charge is -2.35. The molecule has 1 heterocycles. The molecule has 0 unspecified atom stereocenters. The van der Waals surface area contributed by atoms with E-state index in [2.05, 4.69) is 0 Å². The van der Waals surface area contributed by atoms with E-state index in [0.29, 0.717) is 18.8 Å². The molecule has 0 bridgehead atoms. The summed E-state index contributed by atoms with van der Waals surface area (Å²) < 4.78 is 13.7. The van der Waals surface area contributed by atoms with Crippen molar-refractivity contribution in [2.75, 3.05) is 35.8 Å². The van der Waals surface area contributed by atoms with E-state index in [1.807, 2.05) is 11.9 Å². The first-order chi connectivity index (χ1) is 7.65. The van der Waals surface area contributed by atoms with Gasteiger partial charge in [0.05, 0.1) is 5.69 Å². The van der Waals surface area contributed by atoms with Crippen LogP contribution in [-0.4, -0.2) is 31.9 Å². The Kier molecular flexibility index (Phi) is 3.01. The van der Waals surface area contributed by atoms with E-state index in [4.69, 9.17) is 11.6 Å². The molecule has 0 radical (unpaired) electrons. The van der Waals surface area contributed by atoms with Gasteiger partial charge in [-0.15, -0.1) is 11.6 Å². The smallest absolute Gasteiger partial charge is 0.242 e. The zero-order valence-electron chi connectivity index (χ0n) is 8.91. The Balaban J connectivity index is 2.50. The Morgan fingerprint density at radius 3 is 2.94 bits per heavy atom. The summed E-state index contributed by atoms with van der Waals surface area (Å²) in [6.07, 6.45) is 0. The van der Waals surface area contributed by atoms with E-state index in [9.17, 15) is 9.18 Å². The fraction of sp³-hybridized carbons (Fsp3) is 0.364. The summed E-state index contributed by atoms with van der Waals surface area (Å²) in [5.74, 6) is -0.777. The van der Waals surface area contributed by atoms with E-state index in [-0.39, 0.29) is 17.6 Å². The molecular formula is C11H12ClFN2O. The molecule has 1 aliphatic heterocycles. The summed E-state index contributed by atoms with van der Waals surface area (Å²) in [6, 6.07) is 4.79. The molecule has 1 aromatic carbocycles. The highest BCUT2D eigenvalue weighted by Crippen LogP contribution is 2.34. The number of hydrogen-bond acceptors (Lipinski definition) is 2. The summed E-state index contributed by atoms with van der Waals surface area (Å²) in [4.78, 5) is 14.9. The van der Waals surface area contributed by atoms with Crippen molar-refractivity contribution in [3.05, 3.63) is 24.0 Å². The molecule has 1 aromatic rings. The predicted octanol–water partition coefficient (Wildman–Crippen LogP) is 1.85. The number of nitrogens with zero attached hydrogens (tertiary/aromatic N) is 2. The lowest BCUT2D eigenvalue weighted by molar-refractivity contribution is -0.116. The van der Waals surface area contributed by atoms with Gasteiger partial charge in [0.1, 0.15) is 17.4 Å². The van der Waals surface area contributed by atoms with Crippen LogP contribution in [-0.2, 0) is 4.79 Å². The average molecular weight is 243 g/mol. The monoisotopic (exact) mass is 242 g/mol. The van der Waals surface area contributed by atoms with Crippen molar-refractivity contribution in [2.24, 2.45) is 0 Å². The standard InChI is InChI=1S/C11H12ClFN2O/c1-14-5-6-15(10(16)7-12)11-8(13)3-2-4-9(11)14/h2-4H,5-7H2,1H3. The second-order valence-corrected chi connectivity index (χ2v) is 3.98. The fourth-order valence-electron chi connectivity index (χ4n) is 1.88. The Labute approximate surface area is 98.4 Å². The number of anilines is 2. The molecule has 16 heavy (non-hydrogen) atoms. The van der Waals surface area contributed by atoms with E-state index in [0.717, 1.165) is 5.69 Å². The highest BCUT2D eigenvalue weighted by atomic mass is 35.5. The second kappa shape index (κ2) is 4.29. The lowest BCUT2D eigenvalue weighted by Crippen LogP contribution is -2.43. The Bertz CT molecular complexity index is 424. The maximum Gasteiger partial charge on any atom is 0.242 e. The minimum atomic E-state index is -0.387. The van der Waals surface area contributed by atoms with Gasteiger partial charge in [-0.05, 0) is 12.1 Å². The molecule has 0 saturated carbocycles. The van der Waals surface area contributed by atoms with Crippen LogP contribution < -0.4 is 9.80 Å². The van der Waals surface area contributed by atoms with Gasteiger partial charge in [0, 0.05) is 20.1 Å². The van der Waals surface area contributed by atoms with Crippen molar-refractivity contribution in [3.8, 4) is 0 Å². The molecule has 0 atom stereocenters. The maximum atomic E-state index is 13.7. The van der Waals surface area contributed by atoms with Gasteiger partial charge in [-0.3, -0.25) is 4.79 Å². The number of amides is 1. The molecule has 5 heteroatoms. The Morgan fingerprint density at radius 1 is 1.50 bits per heavy atom. The minimum Gasteiger partial charge on any atom is -0.371 e. The quantitative estimate of drug-likeness (QED) is 0.702. The van der Waals surface area contributed by atoms with E-state index in [1.54, 1.807) is 12.1 Å². The first-order valence-corrected chi connectivity index (χ1v) is 5.54. The van der Waals surface area contributed by atoms with Crippen LogP contribution in [0.5, 0.6) is 0 Å². The van der Waals surface area contributed by atoms with Gasteiger partial charge in [0.25, 0.3) is 0 Å². The van der Waals surface area contributed by atoms with Crippen LogP contribution in [0.1, 0.15) is 0 Å². The molecule has 1 aliphatic rings. The van der Waals surface area contributed by atoms with Gasteiger partial charge in [0.15, 0.2) is 0 Å². The molecule has 1 amide bonds. The van der Waals surface area contributed by atoms with Crippen LogP contribution in [0.3, 0.4) is 0 Å². The molecule has 0 aromatic heterocycles. The van der Waals surface area contributed by atoms with Crippen molar-refractivity contribution >= 4 is 28.9 Å². The van der Waals surface area contributed by atoms with E-state index in [1.165, 1.54) is 11.0 Å². The number of fused-ring (bicyclic) bond motifs is 1. The summed E-state index contributed by atoms with van der Waals surface area (Å²) >= 11 is 5.51. The van der Waals surface area contributed by atoms with E-state index >= 15 is 0 Å². The molecule has 0 spiro atoms. The highest BCUT2D eigenvalue weighted by Gasteiger charge is 2.27. The zero-order valence-corrected chi connectivity index (χ0v) is 9.67. The Morgan fingerprint density at radius 2 is 2.25 bits per heavy atom. The summed E-state index contributed by atoms with van der Waals surface area (Å²) in [5.41, 5.74) is 1.06. The fourth-order valence-corrected chi connectivity index (χ4v) is 2.03. The van der Waals surface area contributed by atoms with Crippen molar-refractivity contribution in [1.82, 2.24) is 0 Å². The molecule has 2 rings (SSSR count). The minimum absolute atomic E-state index is 0.127. The molecule has 86 valence electrons. The Hall–Kier alpha value is -1.29. The molecule has 0 saturated heterocycles. The number of para-hydroxylation sites is 1. The first-order valence-electron chi connectivity index (χ1n) is 5.01. The summed E-state index contributed by atoms with van der Waals surface area (Å²) in [7, 11) is 1.88. The number of hydrogen-bond donors (Lipinski definition) is 0. The van der Waals surface area contributed by atoms with Gasteiger partial charge < -0.3 is 9.80 Å². The SMILES string of the molecule is CN1CCN(C(=O)CCl)c2c(F)cccc21. The number of alkyl halides is 1. The number of rotatable bonds is 1. The maximum absolute atomic E-state index is 13.7. The number of likely N-dealkylation sites (N-methyl/N-ethyl adjacent to an activating group) is 1. The second-order valence-electron chi connectivity index (χ2n) is 3.71. The van der Waals surface area contributed by atoms with Crippen molar-refractivity contribution < 1.29 is 9.18 Å². The third kappa shape index (κ3) is 1.73. The van der Waals surface area contributed by atoms with Gasteiger partial charge in [-0.1, -0.05) is 6.07 Å². The van der Waals surface area contributed by atoms with Crippen molar-refractivity contribution in [1.29, 1.82) is 0 Å². The number of carbonyl (C=O) groups excluding carboxylic acids is 1. The molecule has 0 N–H and O–H groups in total. The number of carbonyl (C=O) groups is 1. The molecule has 0 fully saturated rings. The van der Waals surface area contributed by atoms with Gasteiger partial charge in [-0.25, -0.2) is 4.39 Å². The van der Waals surface area contributed by atoms with Crippen molar-refractivity contribution in [2.45, 2.75) is 0 Å². The van der Waals surface area contributed by atoms with Gasteiger partial charge in [0.2, 0.25) is 5.91 Å². The van der Waals surface area contributed by atoms with Gasteiger partial charge in [-0.2, -0.15) is 0 Å². The molecule has 0 aliphatic carbocycles. The first kappa shape index (κ1) is 11.2. The van der Waals surface area contributed by atoms with Crippen LogP contribution in [0.2, 0.25) is 0 Å². The molecule has 3 nitrogen and oxygen atoms in total. The molecular weight excluding hydrogens is 231 g/mol. The third-order valence-corrected chi connectivity index (χ3v) is 2.95. The van der Waals surface area contributed by atoms with Gasteiger partial charge >= 0.3 is 0 Å². The highest BCUT2D eigenvalue weighted by molar-refractivity contribution is 6.29. The van der Waals surface area contributed by atoms with Crippen molar-refractivity contribution in [3.63, 3.8) is 0 Å². The zero-order chi connectivity index (χ0) is 11.7. The number of benzene rings is 1. The van der Waals surface area contributed by atoms with Crippen LogP contribution in [0, 0.1) is 5.82 Å². The third-order valence-electron chi connectivity index (χ3n) is 2.72. The predicted molar refractivity (Wildman–Crippen MR) is 62.7 cm³/mol. The van der Waals surface area contributed by atoms with Crippen LogP contribution >= 0.6 is 11.6 Å². The summed E-state index contributed by atoms with van der Waals surface area (Å²) in [5, 5.41) is 0. The summed E-state index contributed by atoms with van der Waals surface area (Å²) in [6.45, 7) is 1.15. The average Bonchev–Trinajstić information content (AvgIpc) is 2.30. The van der Waals surface area contributed by atoms with Crippen LogP contribution in [0.4, 0.5) is 15.8 Å². The topological polar surface area (TPSA) is 23.6 Å². The lowest BCUT2D eigenvalue weighted by atomic mass is 10.1. The largest absolute Gasteiger partial charge is 0.371 e. The van der Waals surface area contributed by atoms with E-state index < -0.39 is 0 Å².